The number of carbonyl (C=O) groups excluding carboxylic acids is 2. The Morgan fingerprint density at radius 3 is 2.39 bits per heavy atom. The molecule has 4 rings (SSSR count). The van der Waals surface area contributed by atoms with Crippen molar-refractivity contribution >= 4 is 12.0 Å². The summed E-state index contributed by atoms with van der Waals surface area (Å²) in [4.78, 5) is 29.0. The molecule has 124 valence electrons. The van der Waals surface area contributed by atoms with E-state index in [2.05, 4.69) is 9.47 Å². The molecule has 1 saturated carbocycles. The first-order valence-corrected chi connectivity index (χ1v) is 8.52. The van der Waals surface area contributed by atoms with E-state index < -0.39 is 0 Å². The third-order valence-corrected chi connectivity index (χ3v) is 5.70. The van der Waals surface area contributed by atoms with Crippen LogP contribution in [-0.2, 0) is 16.8 Å². The molecule has 0 aromatic carbocycles. The number of likely N-dealkylation sites (tertiary alicyclic amines) is 1. The zero-order chi connectivity index (χ0) is 16.0. The summed E-state index contributed by atoms with van der Waals surface area (Å²) in [5.74, 6) is -0.301. The smallest absolute Gasteiger partial charge is 0.354 e. The molecule has 0 radical (unpaired) electrons. The maximum atomic E-state index is 13.0. The molecule has 1 saturated heterocycles. The van der Waals surface area contributed by atoms with Crippen LogP contribution in [0.25, 0.3) is 0 Å². The van der Waals surface area contributed by atoms with Gasteiger partial charge >= 0.3 is 12.0 Å². The van der Waals surface area contributed by atoms with Crippen molar-refractivity contribution in [3.05, 3.63) is 23.5 Å². The lowest BCUT2D eigenvalue weighted by Gasteiger charge is -2.54. The molecule has 1 spiro atoms. The minimum Gasteiger partial charge on any atom is -0.464 e. The molecule has 3 aliphatic rings. The first-order chi connectivity index (χ1) is 11.2. The van der Waals surface area contributed by atoms with Crippen molar-refractivity contribution in [1.29, 1.82) is 0 Å². The van der Waals surface area contributed by atoms with Gasteiger partial charge in [-0.1, -0.05) is 0 Å². The van der Waals surface area contributed by atoms with Gasteiger partial charge in [0, 0.05) is 31.9 Å². The highest BCUT2D eigenvalue weighted by molar-refractivity contribution is 5.88. The third kappa shape index (κ3) is 2.00. The van der Waals surface area contributed by atoms with Crippen molar-refractivity contribution < 1.29 is 14.3 Å². The highest BCUT2D eigenvalue weighted by Crippen LogP contribution is 2.49. The molecule has 1 aromatic rings. The van der Waals surface area contributed by atoms with Crippen molar-refractivity contribution in [3.63, 3.8) is 0 Å². The number of methoxy groups -OCH3 is 1. The molecular formula is C17H23N3O3. The van der Waals surface area contributed by atoms with Gasteiger partial charge in [0.15, 0.2) is 0 Å². The second-order valence-corrected chi connectivity index (χ2v) is 6.76. The maximum Gasteiger partial charge on any atom is 0.354 e. The van der Waals surface area contributed by atoms with E-state index in [1.807, 2.05) is 17.0 Å². The molecule has 0 bridgehead atoms. The Kier molecular flexibility index (Phi) is 3.36. The van der Waals surface area contributed by atoms with E-state index in [-0.39, 0.29) is 17.5 Å². The molecule has 2 amide bonds. The SMILES string of the molecule is COC(=O)c1ccc2n1CCN(C(=O)N1CCCC1)C21CCC1. The van der Waals surface area contributed by atoms with Crippen molar-refractivity contribution in [2.45, 2.75) is 44.2 Å². The third-order valence-electron chi connectivity index (χ3n) is 5.70. The fraction of sp³-hybridized carbons (Fsp3) is 0.647. The summed E-state index contributed by atoms with van der Waals surface area (Å²) in [5.41, 5.74) is 1.48. The summed E-state index contributed by atoms with van der Waals surface area (Å²) in [5, 5.41) is 0. The van der Waals surface area contributed by atoms with Crippen LogP contribution in [0.4, 0.5) is 4.79 Å². The normalized spacial score (nSPS) is 22.0. The van der Waals surface area contributed by atoms with Gasteiger partial charge in [0.05, 0.1) is 12.6 Å². The monoisotopic (exact) mass is 317 g/mol. The first-order valence-electron chi connectivity index (χ1n) is 8.52. The Morgan fingerprint density at radius 1 is 1.04 bits per heavy atom. The van der Waals surface area contributed by atoms with Crippen LogP contribution in [0.1, 0.15) is 48.3 Å². The average Bonchev–Trinajstić information content (AvgIpc) is 3.20. The van der Waals surface area contributed by atoms with Crippen LogP contribution in [0.3, 0.4) is 0 Å². The van der Waals surface area contributed by atoms with E-state index in [9.17, 15) is 9.59 Å². The summed E-state index contributed by atoms with van der Waals surface area (Å²) >= 11 is 0. The van der Waals surface area contributed by atoms with E-state index in [0.29, 0.717) is 18.8 Å². The first kappa shape index (κ1) is 14.6. The van der Waals surface area contributed by atoms with Crippen molar-refractivity contribution in [2.75, 3.05) is 26.7 Å². The molecule has 23 heavy (non-hydrogen) atoms. The van der Waals surface area contributed by atoms with E-state index in [4.69, 9.17) is 4.74 Å². The second kappa shape index (κ2) is 5.28. The van der Waals surface area contributed by atoms with Gasteiger partial charge in [-0.15, -0.1) is 0 Å². The number of esters is 1. The number of rotatable bonds is 1. The fourth-order valence-corrected chi connectivity index (χ4v) is 4.35. The van der Waals surface area contributed by atoms with Gasteiger partial charge in [-0.3, -0.25) is 0 Å². The molecule has 1 aliphatic carbocycles. The Labute approximate surface area is 136 Å². The zero-order valence-corrected chi connectivity index (χ0v) is 13.6. The molecule has 0 unspecified atom stereocenters. The molecule has 1 aromatic heterocycles. The summed E-state index contributed by atoms with van der Waals surface area (Å²) in [6.45, 7) is 3.08. The molecule has 6 heteroatoms. The number of ether oxygens (including phenoxy) is 1. The van der Waals surface area contributed by atoms with Crippen LogP contribution >= 0.6 is 0 Å². The fourth-order valence-electron chi connectivity index (χ4n) is 4.35. The molecule has 6 nitrogen and oxygen atoms in total. The topological polar surface area (TPSA) is 54.8 Å². The lowest BCUT2D eigenvalue weighted by molar-refractivity contribution is 0.00504. The Morgan fingerprint density at radius 2 is 1.78 bits per heavy atom. The average molecular weight is 317 g/mol. The second-order valence-electron chi connectivity index (χ2n) is 6.76. The Hall–Kier alpha value is -1.98. The molecule has 2 aliphatic heterocycles. The van der Waals surface area contributed by atoms with Crippen molar-refractivity contribution in [3.8, 4) is 0 Å². The minimum atomic E-state index is -0.301. The number of hydrogen-bond acceptors (Lipinski definition) is 3. The van der Waals surface area contributed by atoms with Gasteiger partial charge in [0.2, 0.25) is 0 Å². The molecule has 0 N–H and O–H groups in total. The van der Waals surface area contributed by atoms with Crippen LogP contribution in [0.5, 0.6) is 0 Å². The number of nitrogens with zero attached hydrogens (tertiary/aromatic N) is 3. The zero-order valence-electron chi connectivity index (χ0n) is 13.6. The number of hydrogen-bond donors (Lipinski definition) is 0. The predicted molar refractivity (Wildman–Crippen MR) is 84.2 cm³/mol. The van der Waals surface area contributed by atoms with Crippen molar-refractivity contribution in [2.24, 2.45) is 0 Å². The summed E-state index contributed by atoms with van der Waals surface area (Å²) < 4.78 is 6.94. The highest BCUT2D eigenvalue weighted by atomic mass is 16.5. The van der Waals surface area contributed by atoms with Crippen molar-refractivity contribution in [1.82, 2.24) is 14.4 Å². The summed E-state index contributed by atoms with van der Waals surface area (Å²) in [7, 11) is 1.41. The summed E-state index contributed by atoms with van der Waals surface area (Å²) in [6.07, 6.45) is 5.31. The largest absolute Gasteiger partial charge is 0.464 e. The van der Waals surface area contributed by atoms with Gasteiger partial charge in [0.25, 0.3) is 0 Å². The standard InChI is InChI=1S/C17H23N3O3/c1-23-15(21)13-5-6-14-17(7-4-8-17)20(12-11-19(13)14)16(22)18-9-2-3-10-18/h5-6H,2-4,7-12H2,1H3. The van der Waals surface area contributed by atoms with Gasteiger partial charge in [0.1, 0.15) is 5.69 Å². The maximum absolute atomic E-state index is 13.0. The van der Waals surface area contributed by atoms with E-state index in [1.165, 1.54) is 7.11 Å². The quantitative estimate of drug-likeness (QED) is 0.746. The predicted octanol–water partition coefficient (Wildman–Crippen LogP) is 2.19. The van der Waals surface area contributed by atoms with Gasteiger partial charge < -0.3 is 19.1 Å². The van der Waals surface area contributed by atoms with Gasteiger partial charge in [-0.2, -0.15) is 0 Å². The Bertz CT molecular complexity index is 642. The van der Waals surface area contributed by atoms with Crippen LogP contribution in [0.2, 0.25) is 0 Å². The van der Waals surface area contributed by atoms with Crippen LogP contribution in [-0.4, -0.2) is 53.1 Å². The highest BCUT2D eigenvalue weighted by Gasteiger charge is 2.51. The van der Waals surface area contributed by atoms with Gasteiger partial charge in [-0.25, -0.2) is 9.59 Å². The lowest BCUT2D eigenvalue weighted by Crippen LogP contribution is -2.61. The van der Waals surface area contributed by atoms with Crippen LogP contribution in [0, 0.1) is 0 Å². The molecule has 3 heterocycles. The summed E-state index contributed by atoms with van der Waals surface area (Å²) in [6, 6.07) is 4.02. The van der Waals surface area contributed by atoms with E-state index in [0.717, 1.165) is 50.9 Å². The number of amides is 2. The van der Waals surface area contributed by atoms with E-state index in [1.54, 1.807) is 0 Å². The lowest BCUT2D eigenvalue weighted by atomic mass is 9.72. The Balaban J connectivity index is 1.69. The molecular weight excluding hydrogens is 294 g/mol. The molecule has 2 fully saturated rings. The number of aromatic nitrogens is 1. The number of urea groups is 1. The van der Waals surface area contributed by atoms with Crippen LogP contribution in [0.15, 0.2) is 12.1 Å². The minimum absolute atomic E-state index is 0.175. The molecule has 0 atom stereocenters. The van der Waals surface area contributed by atoms with Crippen LogP contribution < -0.4 is 0 Å². The number of carbonyl (C=O) groups is 2. The van der Waals surface area contributed by atoms with E-state index >= 15 is 0 Å². The van der Waals surface area contributed by atoms with Gasteiger partial charge in [-0.05, 0) is 44.2 Å². The number of fused-ring (bicyclic) bond motifs is 2.